The number of nitro groups is 1. The SMILES string of the molecule is COc1ccc(NC(=S)NC(=O)c2ccc(C)cc2)c([N+](=O)[O-])c1. The molecule has 0 bridgehead atoms. The number of hydrogen-bond acceptors (Lipinski definition) is 5. The fourth-order valence-corrected chi connectivity index (χ4v) is 2.13. The van der Waals surface area contributed by atoms with Gasteiger partial charge in [0.15, 0.2) is 5.11 Å². The Hall–Kier alpha value is -3.00. The average molecular weight is 345 g/mol. The largest absolute Gasteiger partial charge is 0.496 e. The van der Waals surface area contributed by atoms with Crippen molar-refractivity contribution in [2.75, 3.05) is 12.4 Å². The molecule has 2 rings (SSSR count). The van der Waals surface area contributed by atoms with Gasteiger partial charge in [-0.15, -0.1) is 0 Å². The van der Waals surface area contributed by atoms with Crippen LogP contribution in [0.1, 0.15) is 15.9 Å². The molecule has 0 aliphatic carbocycles. The number of hydrogen-bond donors (Lipinski definition) is 2. The van der Waals surface area contributed by atoms with E-state index in [4.69, 9.17) is 17.0 Å². The molecular formula is C16H15N3O4S. The summed E-state index contributed by atoms with van der Waals surface area (Å²) >= 11 is 5.05. The number of carbonyl (C=O) groups is 1. The molecule has 0 aliphatic rings. The zero-order valence-corrected chi connectivity index (χ0v) is 13.8. The van der Waals surface area contributed by atoms with Crippen LogP contribution >= 0.6 is 12.2 Å². The van der Waals surface area contributed by atoms with Crippen molar-refractivity contribution in [3.05, 3.63) is 63.7 Å². The molecule has 0 atom stereocenters. The van der Waals surface area contributed by atoms with Gasteiger partial charge < -0.3 is 10.1 Å². The standard InChI is InChI=1S/C16H15N3O4S/c1-10-3-5-11(6-4-10)15(20)18-16(24)17-13-8-7-12(23-2)9-14(13)19(21)22/h3-9H,1-2H3,(H2,17,18,20,24). The maximum atomic E-state index is 12.1. The maximum Gasteiger partial charge on any atom is 0.296 e. The number of benzene rings is 2. The smallest absolute Gasteiger partial charge is 0.296 e. The molecule has 8 heteroatoms. The fourth-order valence-electron chi connectivity index (χ4n) is 1.93. The molecule has 0 radical (unpaired) electrons. The molecule has 2 N–H and O–H groups in total. The summed E-state index contributed by atoms with van der Waals surface area (Å²) in [5, 5.41) is 16.2. The number of amides is 1. The van der Waals surface area contributed by atoms with Crippen molar-refractivity contribution in [1.29, 1.82) is 0 Å². The quantitative estimate of drug-likeness (QED) is 0.502. The number of anilines is 1. The van der Waals surface area contributed by atoms with Crippen molar-refractivity contribution in [2.45, 2.75) is 6.92 Å². The van der Waals surface area contributed by atoms with E-state index in [2.05, 4.69) is 10.6 Å². The van der Waals surface area contributed by atoms with Crippen LogP contribution in [0.15, 0.2) is 42.5 Å². The average Bonchev–Trinajstić information content (AvgIpc) is 2.55. The summed E-state index contributed by atoms with van der Waals surface area (Å²) in [4.78, 5) is 22.6. The summed E-state index contributed by atoms with van der Waals surface area (Å²) in [5.74, 6) is -0.0504. The Kier molecular flexibility index (Phi) is 5.43. The van der Waals surface area contributed by atoms with Crippen LogP contribution in [-0.2, 0) is 0 Å². The minimum absolute atomic E-state index is 0.0335. The molecule has 0 heterocycles. The van der Waals surface area contributed by atoms with Crippen molar-refractivity contribution < 1.29 is 14.5 Å². The van der Waals surface area contributed by atoms with Crippen LogP contribution in [0.25, 0.3) is 0 Å². The number of methoxy groups -OCH3 is 1. The second kappa shape index (κ2) is 7.51. The van der Waals surface area contributed by atoms with E-state index in [1.165, 1.54) is 19.2 Å². The molecule has 7 nitrogen and oxygen atoms in total. The van der Waals surface area contributed by atoms with Crippen molar-refractivity contribution >= 4 is 34.6 Å². The van der Waals surface area contributed by atoms with E-state index in [1.54, 1.807) is 30.3 Å². The summed E-state index contributed by atoms with van der Waals surface area (Å²) < 4.78 is 4.96. The summed E-state index contributed by atoms with van der Waals surface area (Å²) in [5.41, 5.74) is 1.42. The molecular weight excluding hydrogens is 330 g/mol. The molecule has 0 unspecified atom stereocenters. The van der Waals surface area contributed by atoms with Gasteiger partial charge in [-0.25, -0.2) is 0 Å². The van der Waals surface area contributed by atoms with Crippen molar-refractivity contribution in [1.82, 2.24) is 5.32 Å². The molecule has 24 heavy (non-hydrogen) atoms. The predicted molar refractivity (Wildman–Crippen MR) is 94.5 cm³/mol. The highest BCUT2D eigenvalue weighted by atomic mass is 32.1. The molecule has 0 aromatic heterocycles. The minimum Gasteiger partial charge on any atom is -0.496 e. The lowest BCUT2D eigenvalue weighted by atomic mass is 10.1. The second-order valence-electron chi connectivity index (χ2n) is 4.91. The monoisotopic (exact) mass is 345 g/mol. The number of aryl methyl sites for hydroxylation is 1. The molecule has 0 aliphatic heterocycles. The molecule has 1 amide bonds. The van der Waals surface area contributed by atoms with E-state index in [9.17, 15) is 14.9 Å². The van der Waals surface area contributed by atoms with Gasteiger partial charge in [0, 0.05) is 5.56 Å². The number of ether oxygens (including phenoxy) is 1. The number of nitro benzene ring substituents is 1. The van der Waals surface area contributed by atoms with E-state index in [0.29, 0.717) is 11.3 Å². The first kappa shape index (κ1) is 17.4. The lowest BCUT2D eigenvalue weighted by Gasteiger charge is -2.11. The predicted octanol–water partition coefficient (Wildman–Crippen LogP) is 3.04. The molecule has 2 aromatic rings. The Labute approximate surface area is 143 Å². The molecule has 0 fully saturated rings. The van der Waals surface area contributed by atoms with Crippen molar-refractivity contribution in [2.24, 2.45) is 0 Å². The zero-order valence-electron chi connectivity index (χ0n) is 13.0. The number of nitrogens with one attached hydrogen (secondary N) is 2. The van der Waals surface area contributed by atoms with Crippen LogP contribution in [0, 0.1) is 17.0 Å². The lowest BCUT2D eigenvalue weighted by Crippen LogP contribution is -2.34. The van der Waals surface area contributed by atoms with Crippen molar-refractivity contribution in [3.63, 3.8) is 0 Å². The Morgan fingerprint density at radius 1 is 1.21 bits per heavy atom. The minimum atomic E-state index is -0.560. The Morgan fingerprint density at radius 2 is 1.88 bits per heavy atom. The van der Waals surface area contributed by atoms with Crippen LogP contribution in [0.3, 0.4) is 0 Å². The third-order valence-electron chi connectivity index (χ3n) is 3.19. The first-order valence-electron chi connectivity index (χ1n) is 6.92. The highest BCUT2D eigenvalue weighted by Crippen LogP contribution is 2.28. The third kappa shape index (κ3) is 4.26. The second-order valence-corrected chi connectivity index (χ2v) is 5.32. The van der Waals surface area contributed by atoms with Gasteiger partial charge in [0.1, 0.15) is 11.4 Å². The Morgan fingerprint density at radius 3 is 2.46 bits per heavy atom. The van der Waals surface area contributed by atoms with Crippen LogP contribution < -0.4 is 15.4 Å². The van der Waals surface area contributed by atoms with Crippen LogP contribution in [-0.4, -0.2) is 23.1 Å². The maximum absolute atomic E-state index is 12.1. The molecule has 124 valence electrons. The zero-order chi connectivity index (χ0) is 17.7. The van der Waals surface area contributed by atoms with Crippen molar-refractivity contribution in [3.8, 4) is 5.75 Å². The molecule has 0 saturated heterocycles. The first-order valence-corrected chi connectivity index (χ1v) is 7.33. The van der Waals surface area contributed by atoms with Crippen LogP contribution in [0.2, 0.25) is 0 Å². The van der Waals surface area contributed by atoms with Crippen LogP contribution in [0.5, 0.6) is 5.75 Å². The molecule has 0 saturated carbocycles. The Balaban J connectivity index is 2.10. The molecule has 0 spiro atoms. The van der Waals surface area contributed by atoms with Gasteiger partial charge in [-0.2, -0.15) is 0 Å². The number of nitrogens with zero attached hydrogens (tertiary/aromatic N) is 1. The Bertz CT molecular complexity index is 790. The highest BCUT2D eigenvalue weighted by molar-refractivity contribution is 7.80. The van der Waals surface area contributed by atoms with E-state index < -0.39 is 10.8 Å². The molecule has 2 aromatic carbocycles. The van der Waals surface area contributed by atoms with Gasteiger partial charge in [-0.05, 0) is 43.4 Å². The van der Waals surface area contributed by atoms with Gasteiger partial charge >= 0.3 is 0 Å². The van der Waals surface area contributed by atoms with E-state index >= 15 is 0 Å². The topological polar surface area (TPSA) is 93.5 Å². The van der Waals surface area contributed by atoms with Gasteiger partial charge in [-0.3, -0.25) is 20.2 Å². The summed E-state index contributed by atoms with van der Waals surface area (Å²) in [7, 11) is 1.42. The van der Waals surface area contributed by atoms with E-state index in [1.807, 2.05) is 6.92 Å². The fraction of sp³-hybridized carbons (Fsp3) is 0.125. The summed E-state index contributed by atoms with van der Waals surface area (Å²) in [6, 6.07) is 11.2. The van der Waals surface area contributed by atoms with E-state index in [-0.39, 0.29) is 16.5 Å². The third-order valence-corrected chi connectivity index (χ3v) is 3.39. The normalized spacial score (nSPS) is 9.92. The van der Waals surface area contributed by atoms with Gasteiger partial charge in [-0.1, -0.05) is 17.7 Å². The van der Waals surface area contributed by atoms with Gasteiger partial charge in [0.2, 0.25) is 0 Å². The highest BCUT2D eigenvalue weighted by Gasteiger charge is 2.17. The first-order chi connectivity index (χ1) is 11.4. The van der Waals surface area contributed by atoms with Gasteiger partial charge in [0.05, 0.1) is 18.1 Å². The number of thiocarbonyl (C=S) groups is 1. The summed E-state index contributed by atoms with van der Waals surface area (Å²) in [6.07, 6.45) is 0. The van der Waals surface area contributed by atoms with Gasteiger partial charge in [0.25, 0.3) is 11.6 Å². The van der Waals surface area contributed by atoms with E-state index in [0.717, 1.165) is 5.56 Å². The number of carbonyl (C=O) groups excluding carboxylic acids is 1. The van der Waals surface area contributed by atoms with Crippen LogP contribution in [0.4, 0.5) is 11.4 Å². The summed E-state index contributed by atoms with van der Waals surface area (Å²) in [6.45, 7) is 1.91. The lowest BCUT2D eigenvalue weighted by molar-refractivity contribution is -0.384. The number of rotatable bonds is 4.